The van der Waals surface area contributed by atoms with Gasteiger partial charge >= 0.3 is 5.97 Å². The molecular weight excluding hydrogens is 261 g/mol. The Hall–Kier alpha value is -1.46. The van der Waals surface area contributed by atoms with Crippen LogP contribution in [-0.4, -0.2) is 30.3 Å². The van der Waals surface area contributed by atoms with Gasteiger partial charge in [0.25, 0.3) is 0 Å². The lowest BCUT2D eigenvalue weighted by atomic mass is 9.98. The summed E-state index contributed by atoms with van der Waals surface area (Å²) in [5.41, 5.74) is 0.400. The Labute approximate surface area is 117 Å². The van der Waals surface area contributed by atoms with Crippen molar-refractivity contribution in [2.24, 2.45) is 0 Å². The fourth-order valence-corrected chi connectivity index (χ4v) is 2.66. The molecule has 0 aromatic heterocycles. The van der Waals surface area contributed by atoms with Crippen molar-refractivity contribution in [1.82, 2.24) is 5.32 Å². The minimum atomic E-state index is -0.550. The van der Waals surface area contributed by atoms with Crippen LogP contribution in [0, 0.1) is 5.82 Å². The van der Waals surface area contributed by atoms with Crippen LogP contribution in [0.25, 0.3) is 0 Å². The number of halogens is 1. The molecule has 1 fully saturated rings. The third kappa shape index (κ3) is 3.16. The van der Waals surface area contributed by atoms with Crippen LogP contribution in [0.15, 0.2) is 18.2 Å². The molecule has 1 saturated carbocycles. The van der Waals surface area contributed by atoms with Gasteiger partial charge in [-0.05, 0) is 25.0 Å². The first-order chi connectivity index (χ1) is 9.60. The average Bonchev–Trinajstić information content (AvgIpc) is 2.94. The van der Waals surface area contributed by atoms with Crippen molar-refractivity contribution in [2.45, 2.75) is 37.8 Å². The molecule has 1 aromatic carbocycles. The van der Waals surface area contributed by atoms with Gasteiger partial charge in [-0.2, -0.15) is 0 Å². The minimum absolute atomic E-state index is 0.0643. The topological polar surface area (TPSA) is 58.6 Å². The molecule has 0 unspecified atom stereocenters. The fraction of sp³-hybridized carbons (Fsp3) is 0.533. The Morgan fingerprint density at radius 3 is 2.70 bits per heavy atom. The zero-order valence-corrected chi connectivity index (χ0v) is 11.6. The molecule has 2 N–H and O–H groups in total. The maximum Gasteiger partial charge on any atom is 0.337 e. The second-order valence-electron chi connectivity index (χ2n) is 5.30. The van der Waals surface area contributed by atoms with E-state index in [1.807, 2.05) is 0 Å². The first-order valence-electron chi connectivity index (χ1n) is 6.83. The molecule has 0 atom stereocenters. The number of esters is 1. The van der Waals surface area contributed by atoms with Crippen LogP contribution in [0.3, 0.4) is 0 Å². The van der Waals surface area contributed by atoms with Gasteiger partial charge in [0.1, 0.15) is 5.82 Å². The lowest BCUT2D eigenvalue weighted by Crippen LogP contribution is -2.45. The zero-order valence-electron chi connectivity index (χ0n) is 11.6. The summed E-state index contributed by atoms with van der Waals surface area (Å²) >= 11 is 0. The van der Waals surface area contributed by atoms with E-state index < -0.39 is 11.8 Å². The summed E-state index contributed by atoms with van der Waals surface area (Å²) in [6.45, 7) is 0.405. The van der Waals surface area contributed by atoms with E-state index in [2.05, 4.69) is 10.1 Å². The molecule has 0 heterocycles. The molecule has 1 aliphatic carbocycles. The highest BCUT2D eigenvalue weighted by molar-refractivity contribution is 5.89. The van der Waals surface area contributed by atoms with Gasteiger partial charge in [0.2, 0.25) is 0 Å². The molecule has 20 heavy (non-hydrogen) atoms. The molecule has 0 saturated heterocycles. The molecule has 1 aromatic rings. The number of hydrogen-bond acceptors (Lipinski definition) is 4. The lowest BCUT2D eigenvalue weighted by Gasteiger charge is -2.28. The summed E-state index contributed by atoms with van der Waals surface area (Å²) in [6, 6.07) is 4.31. The van der Waals surface area contributed by atoms with Crippen molar-refractivity contribution < 1.29 is 19.0 Å². The van der Waals surface area contributed by atoms with Crippen LogP contribution >= 0.6 is 0 Å². The molecule has 5 heteroatoms. The van der Waals surface area contributed by atoms with Crippen LogP contribution in [0.1, 0.15) is 41.6 Å². The number of benzene rings is 1. The maximum atomic E-state index is 13.9. The van der Waals surface area contributed by atoms with Gasteiger partial charge < -0.3 is 15.2 Å². The number of methoxy groups -OCH3 is 1. The largest absolute Gasteiger partial charge is 0.465 e. The number of hydrogen-bond donors (Lipinski definition) is 2. The van der Waals surface area contributed by atoms with Crippen LogP contribution in [0.5, 0.6) is 0 Å². The predicted octanol–water partition coefficient (Wildman–Crippen LogP) is 2.01. The van der Waals surface area contributed by atoms with E-state index in [1.165, 1.54) is 13.2 Å². The highest BCUT2D eigenvalue weighted by atomic mass is 19.1. The average molecular weight is 281 g/mol. The quantitative estimate of drug-likeness (QED) is 0.811. The van der Waals surface area contributed by atoms with E-state index >= 15 is 0 Å². The highest BCUT2D eigenvalue weighted by Crippen LogP contribution is 2.29. The van der Waals surface area contributed by atoms with Crippen molar-refractivity contribution >= 4 is 5.97 Å². The minimum Gasteiger partial charge on any atom is -0.465 e. The second kappa shape index (κ2) is 6.33. The van der Waals surface area contributed by atoms with E-state index in [9.17, 15) is 14.3 Å². The monoisotopic (exact) mass is 281 g/mol. The number of aliphatic hydroxyl groups excluding tert-OH is 1. The number of nitrogens with one attached hydrogen (secondary N) is 1. The normalized spacial score (nSPS) is 17.1. The van der Waals surface area contributed by atoms with Crippen LogP contribution in [0.2, 0.25) is 0 Å². The second-order valence-corrected chi connectivity index (χ2v) is 5.30. The van der Waals surface area contributed by atoms with Gasteiger partial charge in [0.15, 0.2) is 0 Å². The zero-order chi connectivity index (χ0) is 14.6. The predicted molar refractivity (Wildman–Crippen MR) is 72.9 cm³/mol. The summed E-state index contributed by atoms with van der Waals surface area (Å²) in [6.07, 6.45) is 3.98. The van der Waals surface area contributed by atoms with Crippen LogP contribution in [0.4, 0.5) is 4.39 Å². The molecule has 4 nitrogen and oxygen atoms in total. The van der Waals surface area contributed by atoms with E-state index in [0.29, 0.717) is 12.1 Å². The Balaban J connectivity index is 2.04. The molecule has 0 radical (unpaired) electrons. The van der Waals surface area contributed by atoms with Crippen molar-refractivity contribution in [2.75, 3.05) is 13.7 Å². The van der Waals surface area contributed by atoms with Crippen molar-refractivity contribution in [3.8, 4) is 0 Å². The molecule has 0 aliphatic heterocycles. The number of carbonyl (C=O) groups excluding carboxylic acids is 1. The van der Waals surface area contributed by atoms with Gasteiger partial charge in [0, 0.05) is 17.6 Å². The van der Waals surface area contributed by atoms with E-state index in [4.69, 9.17) is 0 Å². The highest BCUT2D eigenvalue weighted by Gasteiger charge is 2.32. The van der Waals surface area contributed by atoms with Gasteiger partial charge in [-0.15, -0.1) is 0 Å². The van der Waals surface area contributed by atoms with Crippen LogP contribution in [-0.2, 0) is 11.3 Å². The number of ether oxygens (including phenoxy) is 1. The molecule has 110 valence electrons. The molecule has 0 amide bonds. The van der Waals surface area contributed by atoms with Crippen LogP contribution < -0.4 is 5.32 Å². The summed E-state index contributed by atoms with van der Waals surface area (Å²) in [5.74, 6) is -0.988. The summed E-state index contributed by atoms with van der Waals surface area (Å²) < 4.78 is 18.5. The number of carbonyl (C=O) groups is 1. The van der Waals surface area contributed by atoms with Crippen molar-refractivity contribution in [1.29, 1.82) is 0 Å². The van der Waals surface area contributed by atoms with Crippen molar-refractivity contribution in [3.05, 3.63) is 35.1 Å². The van der Waals surface area contributed by atoms with E-state index in [0.717, 1.165) is 25.7 Å². The smallest absolute Gasteiger partial charge is 0.337 e. The number of aliphatic hydroxyl groups is 1. The molecular formula is C15H20FNO3. The van der Waals surface area contributed by atoms with Gasteiger partial charge in [-0.25, -0.2) is 9.18 Å². The SMILES string of the molecule is COC(=O)c1ccc(CNC2(CO)CCCC2)c(F)c1. The Morgan fingerprint density at radius 2 is 2.15 bits per heavy atom. The molecule has 0 bridgehead atoms. The summed E-state index contributed by atoms with van der Waals surface area (Å²) in [7, 11) is 1.26. The van der Waals surface area contributed by atoms with E-state index in [1.54, 1.807) is 12.1 Å². The molecule has 2 rings (SSSR count). The Kier molecular flexibility index (Phi) is 4.73. The first-order valence-corrected chi connectivity index (χ1v) is 6.83. The standard InChI is InChI=1S/C15H20FNO3/c1-20-14(19)11-4-5-12(13(16)8-11)9-17-15(10-18)6-2-3-7-15/h4-5,8,17-18H,2-3,6-7,9-10H2,1H3. The third-order valence-electron chi connectivity index (χ3n) is 3.99. The molecule has 0 spiro atoms. The summed E-state index contributed by atoms with van der Waals surface area (Å²) in [4.78, 5) is 11.3. The van der Waals surface area contributed by atoms with Gasteiger partial charge in [0.05, 0.1) is 19.3 Å². The Bertz CT molecular complexity index is 484. The molecule has 1 aliphatic rings. The maximum absolute atomic E-state index is 13.9. The fourth-order valence-electron chi connectivity index (χ4n) is 2.66. The first kappa shape index (κ1) is 14.9. The third-order valence-corrected chi connectivity index (χ3v) is 3.99. The number of rotatable bonds is 5. The van der Waals surface area contributed by atoms with Gasteiger partial charge in [-0.1, -0.05) is 18.9 Å². The summed E-state index contributed by atoms with van der Waals surface area (Å²) in [5, 5.41) is 12.8. The van der Waals surface area contributed by atoms with Gasteiger partial charge in [-0.3, -0.25) is 0 Å². The Morgan fingerprint density at radius 1 is 1.45 bits per heavy atom. The van der Waals surface area contributed by atoms with E-state index in [-0.39, 0.29) is 17.7 Å². The van der Waals surface area contributed by atoms with Crippen molar-refractivity contribution in [3.63, 3.8) is 0 Å². The lowest BCUT2D eigenvalue weighted by molar-refractivity contribution is 0.0600.